The van der Waals surface area contributed by atoms with Crippen LogP contribution in [0.4, 0.5) is 0 Å². The number of hydrogen-bond acceptors (Lipinski definition) is 5. The number of methoxy groups -OCH3 is 1. The Morgan fingerprint density at radius 3 is 2.50 bits per heavy atom. The normalized spacial score (nSPS) is 14.1. The molecule has 0 saturated heterocycles. The van der Waals surface area contributed by atoms with Gasteiger partial charge in [-0.05, 0) is 12.0 Å². The third-order valence-electron chi connectivity index (χ3n) is 2.90. The molecular weight excluding hydrogens is 258 g/mol. The molecule has 1 aromatic carbocycles. The molecule has 1 aromatic rings. The largest absolute Gasteiger partial charge is 0.465 e. The number of carbonyl (C=O) groups excluding carboxylic acids is 2. The van der Waals surface area contributed by atoms with E-state index in [0.29, 0.717) is 24.1 Å². The van der Waals surface area contributed by atoms with Gasteiger partial charge >= 0.3 is 11.9 Å². The molecule has 2 rings (SSSR count). The molecule has 0 fully saturated rings. The van der Waals surface area contributed by atoms with Crippen LogP contribution in [-0.2, 0) is 25.7 Å². The molecule has 0 aromatic heterocycles. The molecule has 1 aliphatic heterocycles. The number of nitrogens with zero attached hydrogens (tertiary/aromatic N) is 1. The minimum Gasteiger partial charge on any atom is -0.465 e. The number of ether oxygens (including phenoxy) is 2. The summed E-state index contributed by atoms with van der Waals surface area (Å²) in [5.74, 6) is -0.862. The highest BCUT2D eigenvalue weighted by molar-refractivity contribution is 6.36. The molecule has 5 nitrogen and oxygen atoms in total. The first-order chi connectivity index (χ1) is 9.70. The Morgan fingerprint density at radius 1 is 1.15 bits per heavy atom. The molecule has 0 amide bonds. The number of rotatable bonds is 4. The molecule has 0 radical (unpaired) electrons. The molecule has 5 heteroatoms. The Morgan fingerprint density at radius 2 is 1.90 bits per heavy atom. The molecule has 0 bridgehead atoms. The summed E-state index contributed by atoms with van der Waals surface area (Å²) < 4.78 is 9.77. The Bertz CT molecular complexity index is 560. The number of hydrogen-bond donors (Lipinski definition) is 0. The van der Waals surface area contributed by atoms with Gasteiger partial charge < -0.3 is 9.47 Å². The molecule has 20 heavy (non-hydrogen) atoms. The summed E-state index contributed by atoms with van der Waals surface area (Å²) in [6.07, 6.45) is 2.20. The SMILES string of the molecule is COC(=O)C1=NC=C(C(=O)OCc2ccccc2)CC1. The number of aliphatic imine (C=N–C) groups is 1. The van der Waals surface area contributed by atoms with E-state index in [1.54, 1.807) is 0 Å². The molecule has 0 N–H and O–H groups in total. The average Bonchev–Trinajstić information content (AvgIpc) is 2.53. The lowest BCUT2D eigenvalue weighted by atomic mass is 10.1. The van der Waals surface area contributed by atoms with E-state index in [2.05, 4.69) is 9.73 Å². The van der Waals surface area contributed by atoms with Crippen LogP contribution < -0.4 is 0 Å². The van der Waals surface area contributed by atoms with Gasteiger partial charge in [0.25, 0.3) is 0 Å². The topological polar surface area (TPSA) is 65.0 Å². The van der Waals surface area contributed by atoms with Gasteiger partial charge in [0.15, 0.2) is 0 Å². The Balaban J connectivity index is 1.92. The zero-order valence-corrected chi connectivity index (χ0v) is 11.2. The Hall–Kier alpha value is -2.43. The predicted molar refractivity (Wildman–Crippen MR) is 73.0 cm³/mol. The lowest BCUT2D eigenvalue weighted by molar-refractivity contribution is -0.140. The molecular formula is C15H15NO4. The van der Waals surface area contributed by atoms with Gasteiger partial charge in [0.1, 0.15) is 12.3 Å². The standard InChI is InChI=1S/C15H15NO4/c1-19-15(18)13-8-7-12(9-16-13)14(17)20-10-11-5-3-2-4-6-11/h2-6,9H,7-8,10H2,1H3. The Kier molecular flexibility index (Phi) is 4.65. The molecule has 0 aliphatic carbocycles. The zero-order chi connectivity index (χ0) is 14.4. The van der Waals surface area contributed by atoms with E-state index in [1.807, 2.05) is 30.3 Å². The van der Waals surface area contributed by atoms with E-state index in [-0.39, 0.29) is 6.61 Å². The molecule has 1 heterocycles. The van der Waals surface area contributed by atoms with Gasteiger partial charge in [0.05, 0.1) is 12.7 Å². The van der Waals surface area contributed by atoms with Gasteiger partial charge in [-0.3, -0.25) is 4.99 Å². The summed E-state index contributed by atoms with van der Waals surface area (Å²) in [5, 5.41) is 0. The van der Waals surface area contributed by atoms with Crippen molar-refractivity contribution in [1.82, 2.24) is 0 Å². The van der Waals surface area contributed by atoms with Gasteiger partial charge in [-0.25, -0.2) is 9.59 Å². The van der Waals surface area contributed by atoms with Gasteiger partial charge in [-0.2, -0.15) is 0 Å². The van der Waals surface area contributed by atoms with Crippen molar-refractivity contribution < 1.29 is 19.1 Å². The first-order valence-corrected chi connectivity index (χ1v) is 6.26. The second-order valence-electron chi connectivity index (χ2n) is 4.28. The van der Waals surface area contributed by atoms with Crippen LogP contribution in [0.25, 0.3) is 0 Å². The summed E-state index contributed by atoms with van der Waals surface area (Å²) in [7, 11) is 1.30. The minimum atomic E-state index is -0.460. The van der Waals surface area contributed by atoms with E-state index in [0.717, 1.165) is 5.56 Å². The minimum absolute atomic E-state index is 0.227. The number of esters is 2. The van der Waals surface area contributed by atoms with E-state index < -0.39 is 11.9 Å². The number of benzene rings is 1. The lowest BCUT2D eigenvalue weighted by Crippen LogP contribution is -2.20. The average molecular weight is 273 g/mol. The summed E-state index contributed by atoms with van der Waals surface area (Å²) in [4.78, 5) is 27.0. The molecule has 0 atom stereocenters. The van der Waals surface area contributed by atoms with E-state index in [4.69, 9.17) is 4.74 Å². The quantitative estimate of drug-likeness (QED) is 0.787. The third-order valence-corrected chi connectivity index (χ3v) is 2.90. The van der Waals surface area contributed by atoms with Crippen molar-refractivity contribution in [2.75, 3.05) is 7.11 Å². The molecule has 1 aliphatic rings. The van der Waals surface area contributed by atoms with Crippen LogP contribution in [0.1, 0.15) is 18.4 Å². The van der Waals surface area contributed by atoms with Gasteiger partial charge in [0, 0.05) is 12.6 Å². The van der Waals surface area contributed by atoms with Crippen molar-refractivity contribution in [3.05, 3.63) is 47.7 Å². The highest BCUT2D eigenvalue weighted by Gasteiger charge is 2.20. The maximum Gasteiger partial charge on any atom is 0.352 e. The van der Waals surface area contributed by atoms with Crippen LogP contribution in [0.15, 0.2) is 47.1 Å². The highest BCUT2D eigenvalue weighted by atomic mass is 16.5. The van der Waals surface area contributed by atoms with Crippen molar-refractivity contribution in [2.24, 2.45) is 4.99 Å². The van der Waals surface area contributed by atoms with Crippen molar-refractivity contribution >= 4 is 17.7 Å². The van der Waals surface area contributed by atoms with Crippen molar-refractivity contribution in [3.8, 4) is 0 Å². The van der Waals surface area contributed by atoms with Crippen LogP contribution in [-0.4, -0.2) is 24.8 Å². The van der Waals surface area contributed by atoms with Crippen LogP contribution in [0.3, 0.4) is 0 Å². The second kappa shape index (κ2) is 6.65. The molecule has 104 valence electrons. The summed E-state index contributed by atoms with van der Waals surface area (Å²) in [6, 6.07) is 9.44. The van der Waals surface area contributed by atoms with Gasteiger partial charge in [-0.15, -0.1) is 0 Å². The Labute approximate surface area is 116 Å². The van der Waals surface area contributed by atoms with Crippen LogP contribution in [0.2, 0.25) is 0 Å². The van der Waals surface area contributed by atoms with Gasteiger partial charge in [0.2, 0.25) is 0 Å². The lowest BCUT2D eigenvalue weighted by Gasteiger charge is -2.12. The summed E-state index contributed by atoms with van der Waals surface area (Å²) in [5.41, 5.74) is 1.72. The zero-order valence-electron chi connectivity index (χ0n) is 11.2. The van der Waals surface area contributed by atoms with E-state index in [9.17, 15) is 9.59 Å². The summed E-state index contributed by atoms with van der Waals surface area (Å²) >= 11 is 0. The fourth-order valence-corrected chi connectivity index (χ4v) is 1.78. The maximum absolute atomic E-state index is 11.8. The van der Waals surface area contributed by atoms with Crippen LogP contribution in [0, 0.1) is 0 Å². The molecule has 0 saturated carbocycles. The number of carbonyl (C=O) groups is 2. The monoisotopic (exact) mass is 273 g/mol. The van der Waals surface area contributed by atoms with Crippen molar-refractivity contribution in [3.63, 3.8) is 0 Å². The van der Waals surface area contributed by atoms with Crippen LogP contribution >= 0.6 is 0 Å². The van der Waals surface area contributed by atoms with E-state index in [1.165, 1.54) is 13.3 Å². The fourth-order valence-electron chi connectivity index (χ4n) is 1.78. The first kappa shape index (κ1) is 14.0. The highest BCUT2D eigenvalue weighted by Crippen LogP contribution is 2.15. The smallest absolute Gasteiger partial charge is 0.352 e. The second-order valence-corrected chi connectivity index (χ2v) is 4.28. The van der Waals surface area contributed by atoms with Gasteiger partial charge in [-0.1, -0.05) is 30.3 Å². The predicted octanol–water partition coefficient (Wildman–Crippen LogP) is 2.02. The van der Waals surface area contributed by atoms with E-state index >= 15 is 0 Å². The van der Waals surface area contributed by atoms with Crippen molar-refractivity contribution in [2.45, 2.75) is 19.4 Å². The first-order valence-electron chi connectivity index (χ1n) is 6.26. The molecule has 0 spiro atoms. The maximum atomic E-state index is 11.8. The van der Waals surface area contributed by atoms with Crippen molar-refractivity contribution in [1.29, 1.82) is 0 Å². The molecule has 0 unspecified atom stereocenters. The summed E-state index contributed by atoms with van der Waals surface area (Å²) in [6.45, 7) is 0.227. The fraction of sp³-hybridized carbons (Fsp3) is 0.267. The van der Waals surface area contributed by atoms with Crippen LogP contribution in [0.5, 0.6) is 0 Å². The third kappa shape index (κ3) is 3.54.